The smallest absolute Gasteiger partial charge is 0.338 e. The number of benzene rings is 2. The summed E-state index contributed by atoms with van der Waals surface area (Å²) in [5.41, 5.74) is 11.6. The molecule has 0 aromatic heterocycles. The zero-order chi connectivity index (χ0) is 46.8. The van der Waals surface area contributed by atoms with E-state index in [1.54, 1.807) is 17.2 Å². The van der Waals surface area contributed by atoms with Gasteiger partial charge in [-0.3, -0.25) is 0 Å². The molecule has 9 rings (SSSR count). The Hall–Kier alpha value is -4.58. The molecule has 0 radical (unpaired) electrons. The van der Waals surface area contributed by atoms with Gasteiger partial charge in [-0.05, 0) is 88.1 Å². The number of azide groups is 1. The fourth-order valence-electron chi connectivity index (χ4n) is 3.17. The number of fused-ring (bicyclic) bond motifs is 1. The van der Waals surface area contributed by atoms with Crippen molar-refractivity contribution in [3.8, 4) is 0 Å². The molecule has 0 N–H and O–H groups in total. The minimum absolute atomic E-state index is 0.227. The highest BCUT2D eigenvalue weighted by Crippen LogP contribution is 2.20. The molecule has 1 unspecified atom stereocenters. The molecule has 6 heterocycles. The minimum Gasteiger partial charge on any atom is -0.458 e. The quantitative estimate of drug-likeness (QED) is 0.0683. The minimum atomic E-state index is -0.579. The highest BCUT2D eigenvalue weighted by Gasteiger charge is 2.13. The van der Waals surface area contributed by atoms with Gasteiger partial charge in [0.2, 0.25) is 0 Å². The number of carbonyl (C=O) groups excluding carboxylic acids is 3. The maximum atomic E-state index is 9.93. The molecule has 342 valence electrons. The number of carbonyl (C=O) groups is 3. The monoisotopic (exact) mass is 842 g/mol. The van der Waals surface area contributed by atoms with Crippen LogP contribution in [0.1, 0.15) is 106 Å². The highest BCUT2D eigenvalue weighted by molar-refractivity contribution is 6.04. The van der Waals surface area contributed by atoms with Crippen molar-refractivity contribution in [2.24, 2.45) is 5.11 Å². The average Bonchev–Trinajstić information content (AvgIpc) is 4.15. The van der Waals surface area contributed by atoms with Gasteiger partial charge in [-0.15, -0.1) is 0 Å². The zero-order valence-corrected chi connectivity index (χ0v) is 39.9. The molecule has 6 aliphatic heterocycles. The molecule has 1 atom stereocenters. The first-order valence-electron chi connectivity index (χ1n) is 21.7. The number of epoxide rings is 1. The van der Waals surface area contributed by atoms with Gasteiger partial charge in [0.05, 0.1) is 12.7 Å². The molecule has 60 heavy (non-hydrogen) atoms. The molecule has 0 saturated carbocycles. The number of esters is 3. The van der Waals surface area contributed by atoms with Gasteiger partial charge in [0.15, 0.2) is 0 Å². The van der Waals surface area contributed by atoms with E-state index in [0.717, 1.165) is 32.0 Å². The van der Waals surface area contributed by atoms with Gasteiger partial charge in [0, 0.05) is 56.5 Å². The van der Waals surface area contributed by atoms with Crippen LogP contribution in [0.3, 0.4) is 0 Å². The van der Waals surface area contributed by atoms with E-state index in [-0.39, 0.29) is 5.97 Å². The lowest BCUT2D eigenvalue weighted by molar-refractivity contribution is -0.150. The molecule has 1 aliphatic carbocycles. The van der Waals surface area contributed by atoms with E-state index in [1.165, 1.54) is 70.5 Å². The van der Waals surface area contributed by atoms with Gasteiger partial charge in [-0.1, -0.05) is 142 Å². The molecule has 0 amide bonds. The van der Waals surface area contributed by atoms with Crippen LogP contribution < -0.4 is 0 Å². The number of aryl methyl sites for hydroxylation is 2. The Morgan fingerprint density at radius 2 is 1.05 bits per heavy atom. The first-order valence-corrected chi connectivity index (χ1v) is 21.7. The lowest BCUT2D eigenvalue weighted by Gasteiger charge is -2.24. The highest BCUT2D eigenvalue weighted by atomic mass is 16.6. The third-order valence-corrected chi connectivity index (χ3v) is 6.87. The van der Waals surface area contributed by atoms with Crippen molar-refractivity contribution in [2.45, 2.75) is 108 Å². The normalized spacial score (nSPS) is 15.9. The maximum absolute atomic E-state index is 9.93. The number of hydrogen-bond donors (Lipinski definition) is 0. The van der Waals surface area contributed by atoms with Crippen LogP contribution in [0.5, 0.6) is 0 Å². The van der Waals surface area contributed by atoms with Crippen molar-refractivity contribution in [3.05, 3.63) is 113 Å². The number of likely N-dealkylation sites (N-methyl/N-ethyl adjacent to an activating group) is 1. The van der Waals surface area contributed by atoms with Crippen molar-refractivity contribution < 1.29 is 33.3 Å². The summed E-state index contributed by atoms with van der Waals surface area (Å²) in [4.78, 5) is 36.7. The fourth-order valence-corrected chi connectivity index (χ4v) is 3.17. The average molecular weight is 842 g/mol. The van der Waals surface area contributed by atoms with E-state index in [2.05, 4.69) is 81.2 Å². The van der Waals surface area contributed by atoms with Crippen LogP contribution >= 0.6 is 0 Å². The van der Waals surface area contributed by atoms with Gasteiger partial charge in [0.25, 0.3) is 0 Å². The van der Waals surface area contributed by atoms with E-state index in [1.807, 2.05) is 106 Å². The number of likely N-dealkylation sites (tertiary alicyclic amines) is 1. The first-order chi connectivity index (χ1) is 29.2. The molecule has 12 nitrogen and oxygen atoms in total. The molecule has 12 heteroatoms. The second kappa shape index (κ2) is 52.4. The number of nitrogens with zero attached hydrogens (tertiary/aromatic N) is 5. The predicted octanol–water partition coefficient (Wildman–Crippen LogP) is 11.0. The summed E-state index contributed by atoms with van der Waals surface area (Å²) < 4.78 is 17.8. The number of hydrogen-bond acceptors (Lipinski definition) is 10. The van der Waals surface area contributed by atoms with Gasteiger partial charge >= 0.3 is 17.9 Å². The van der Waals surface area contributed by atoms with Crippen LogP contribution in [-0.2, 0) is 46.2 Å². The third-order valence-electron chi connectivity index (χ3n) is 6.87. The van der Waals surface area contributed by atoms with Crippen molar-refractivity contribution >= 4 is 24.0 Å². The topological polar surface area (TPSA) is 146 Å². The summed E-state index contributed by atoms with van der Waals surface area (Å²) in [6, 6.07) is 18.7. The predicted molar refractivity (Wildman–Crippen MR) is 253 cm³/mol. The Kier molecular flexibility index (Phi) is 56.4. The number of rotatable bonds is 1. The van der Waals surface area contributed by atoms with Crippen LogP contribution in [0.25, 0.3) is 16.5 Å². The van der Waals surface area contributed by atoms with Crippen LogP contribution in [0.4, 0.5) is 0 Å². The van der Waals surface area contributed by atoms with Crippen molar-refractivity contribution in [3.63, 3.8) is 0 Å². The molecule has 4 saturated heterocycles. The Labute approximate surface area is 365 Å². The summed E-state index contributed by atoms with van der Waals surface area (Å²) in [6.45, 7) is 34.4. The summed E-state index contributed by atoms with van der Waals surface area (Å²) in [5.74, 6) is -1.38. The second-order valence-electron chi connectivity index (χ2n) is 11.3. The van der Waals surface area contributed by atoms with E-state index < -0.39 is 11.9 Å². The zero-order valence-electron chi connectivity index (χ0n) is 39.9. The molecule has 0 bridgehead atoms. The van der Waals surface area contributed by atoms with Gasteiger partial charge < -0.3 is 28.7 Å². The Bertz CT molecular complexity index is 1310. The third kappa shape index (κ3) is 49.6. The van der Waals surface area contributed by atoms with Crippen molar-refractivity contribution in [2.75, 3.05) is 73.7 Å². The molecule has 2 aromatic rings. The molecule has 4 fully saturated rings. The Balaban J connectivity index is -0.000000186. The molecule has 0 spiro atoms. The standard InChI is InChI=1S/2C8H8.C4H9N.C4H2O3.C4H4O2.C3H7N.2C3H6O.5C2H6.CH3N3/c1-2-4-8-6-5-7(8)3-1;1-2-8-6-4-3-5-7-8;1-5-3-2-4-5;5-3-1-2-4(6)7-3;5-4-2-1-3-6-4;1-4-2-3-4;1-3-2-4-3;1-2-4-3-1;5*1-2;1-3-4-2/h1-4H,5-6H2;2-7H,1H2;2-4H2,1H3;1-2H;1-2H,3H2;2-3H2,1H3;3H,2H2,1H3;1-3H2;5*1-2H3;1H3. The number of cyclic esters (lactones) is 3. The van der Waals surface area contributed by atoms with Crippen molar-refractivity contribution in [1.29, 1.82) is 0 Å². The van der Waals surface area contributed by atoms with Crippen LogP contribution in [0.15, 0.2) is 90.6 Å². The van der Waals surface area contributed by atoms with Gasteiger partial charge in [-0.25, -0.2) is 14.4 Å². The van der Waals surface area contributed by atoms with Gasteiger partial charge in [0.1, 0.15) is 6.61 Å². The second-order valence-corrected chi connectivity index (χ2v) is 11.3. The SMILES string of the molecule is C1COC1.C=Cc1ccccc1.CC.CC.CC.CC.CC.CC1CO1.CN1CC1.CN1CCC1.CN=[N+]=[N-].O=C1C=CC(=O)O1.O=C1C=CCO1.c1ccc2c(c1)CC2. The van der Waals surface area contributed by atoms with Crippen LogP contribution in [0.2, 0.25) is 0 Å². The van der Waals surface area contributed by atoms with Crippen LogP contribution in [0, 0.1) is 0 Å². The first kappa shape index (κ1) is 64.6. The van der Waals surface area contributed by atoms with E-state index >= 15 is 0 Å². The number of ether oxygens (including phenoxy) is 4. The fraction of sp³-hybridized carbons (Fsp3) is 0.562. The summed E-state index contributed by atoms with van der Waals surface area (Å²) in [5, 5.41) is 2.92. The van der Waals surface area contributed by atoms with Crippen LogP contribution in [-0.4, -0.2) is 108 Å². The van der Waals surface area contributed by atoms with E-state index in [4.69, 9.17) is 15.0 Å². The van der Waals surface area contributed by atoms with Gasteiger partial charge in [-0.2, -0.15) is 0 Å². The maximum Gasteiger partial charge on any atom is 0.338 e. The summed E-state index contributed by atoms with van der Waals surface area (Å²) >= 11 is 0. The summed E-state index contributed by atoms with van der Waals surface area (Å²) in [7, 11) is 5.64. The molecular weight excluding hydrogens is 759 g/mol. The Morgan fingerprint density at radius 3 is 1.17 bits per heavy atom. The Morgan fingerprint density at radius 1 is 0.700 bits per heavy atom. The molecule has 2 aromatic carbocycles. The molecule has 7 aliphatic rings. The lowest BCUT2D eigenvalue weighted by atomic mass is 9.89. The largest absolute Gasteiger partial charge is 0.458 e. The van der Waals surface area contributed by atoms with E-state index in [9.17, 15) is 14.4 Å². The van der Waals surface area contributed by atoms with E-state index in [0.29, 0.717) is 12.7 Å². The van der Waals surface area contributed by atoms with Crippen molar-refractivity contribution in [1.82, 2.24) is 9.80 Å². The lowest BCUT2D eigenvalue weighted by Crippen LogP contribution is -2.32. The molecular formula is C48H83N5O7. The summed E-state index contributed by atoms with van der Waals surface area (Å²) in [6.07, 6.45) is 13.0.